The van der Waals surface area contributed by atoms with Gasteiger partial charge in [-0.05, 0) is 35.0 Å². The highest BCUT2D eigenvalue weighted by molar-refractivity contribution is 9.10. The highest BCUT2D eigenvalue weighted by Gasteiger charge is 2.25. The Labute approximate surface area is 119 Å². The van der Waals surface area contributed by atoms with Crippen molar-refractivity contribution in [2.75, 3.05) is 10.5 Å². The van der Waals surface area contributed by atoms with Gasteiger partial charge in [0.2, 0.25) is 0 Å². The molecule has 0 aliphatic heterocycles. The fourth-order valence-electron chi connectivity index (χ4n) is 1.60. The van der Waals surface area contributed by atoms with Crippen LogP contribution in [0.5, 0.6) is 0 Å². The summed E-state index contributed by atoms with van der Waals surface area (Å²) < 4.78 is 28.9. The van der Waals surface area contributed by atoms with Crippen LogP contribution in [-0.4, -0.2) is 23.2 Å². The van der Waals surface area contributed by atoms with E-state index in [0.29, 0.717) is 16.0 Å². The topological polar surface area (TPSA) is 103 Å². The van der Waals surface area contributed by atoms with Crippen LogP contribution < -0.4 is 10.5 Å². The van der Waals surface area contributed by atoms with Crippen molar-refractivity contribution in [3.8, 4) is 0 Å². The number of nitrogen functional groups attached to an aromatic ring is 1. The van der Waals surface area contributed by atoms with Gasteiger partial charge in [-0.3, -0.25) is 9.40 Å². The maximum Gasteiger partial charge on any atom is 0.267 e. The maximum atomic E-state index is 12.3. The quantitative estimate of drug-likeness (QED) is 0.815. The van der Waals surface area contributed by atoms with E-state index in [1.165, 1.54) is 4.68 Å². The van der Waals surface area contributed by atoms with Gasteiger partial charge in [-0.2, -0.15) is 5.10 Å². The summed E-state index contributed by atoms with van der Waals surface area (Å²) in [6, 6.07) is 3.22. The fraction of sp³-hybridized carbons (Fsp3) is 0.200. The lowest BCUT2D eigenvalue weighted by molar-refractivity contribution is 0.600. The van der Waals surface area contributed by atoms with Crippen molar-refractivity contribution in [2.45, 2.75) is 11.8 Å². The first-order valence-corrected chi connectivity index (χ1v) is 7.53. The summed E-state index contributed by atoms with van der Waals surface area (Å²) >= 11 is 3.17. The lowest BCUT2D eigenvalue weighted by Crippen LogP contribution is -2.15. The molecule has 19 heavy (non-hydrogen) atoms. The SMILES string of the molecule is Cc1c(S(=O)(=O)Nc2cccnc2Br)c(N)nn1C. The Hall–Kier alpha value is -1.61. The van der Waals surface area contributed by atoms with Crippen molar-refractivity contribution < 1.29 is 8.42 Å². The molecule has 0 bridgehead atoms. The van der Waals surface area contributed by atoms with Gasteiger partial charge in [0, 0.05) is 13.2 Å². The van der Waals surface area contributed by atoms with Gasteiger partial charge in [0.15, 0.2) is 10.7 Å². The minimum absolute atomic E-state index is 0.0225. The molecule has 2 heterocycles. The normalized spacial score (nSPS) is 11.5. The Morgan fingerprint density at radius 3 is 2.68 bits per heavy atom. The molecule has 0 fully saturated rings. The number of pyridine rings is 1. The number of halogens is 1. The first kappa shape index (κ1) is 13.8. The van der Waals surface area contributed by atoms with Gasteiger partial charge in [-0.15, -0.1) is 0 Å². The summed E-state index contributed by atoms with van der Waals surface area (Å²) in [5, 5.41) is 3.89. The molecule has 3 N–H and O–H groups in total. The average Bonchev–Trinajstić information content (AvgIpc) is 2.56. The molecule has 2 rings (SSSR count). The molecule has 0 unspecified atom stereocenters. The molecule has 0 aromatic carbocycles. The molecule has 0 spiro atoms. The van der Waals surface area contributed by atoms with Gasteiger partial charge in [0.25, 0.3) is 10.0 Å². The zero-order valence-corrected chi connectivity index (χ0v) is 12.7. The van der Waals surface area contributed by atoms with E-state index in [2.05, 4.69) is 30.7 Å². The second-order valence-electron chi connectivity index (χ2n) is 3.87. The summed E-state index contributed by atoms with van der Waals surface area (Å²) in [7, 11) is -2.18. The Bertz CT molecular complexity index is 726. The van der Waals surface area contributed by atoms with Crippen molar-refractivity contribution in [3.63, 3.8) is 0 Å². The Morgan fingerprint density at radius 1 is 1.47 bits per heavy atom. The summed E-state index contributed by atoms with van der Waals surface area (Å²) in [5.74, 6) is -0.0347. The van der Waals surface area contributed by atoms with Gasteiger partial charge in [-0.1, -0.05) is 0 Å². The van der Waals surface area contributed by atoms with Crippen molar-refractivity contribution >= 4 is 37.5 Å². The van der Waals surface area contributed by atoms with Crippen molar-refractivity contribution in [2.24, 2.45) is 7.05 Å². The molecule has 0 atom stereocenters. The first-order chi connectivity index (χ1) is 8.83. The maximum absolute atomic E-state index is 12.3. The summed E-state index contributed by atoms with van der Waals surface area (Å²) in [6.07, 6.45) is 1.55. The van der Waals surface area contributed by atoms with Crippen LogP contribution in [0.3, 0.4) is 0 Å². The first-order valence-electron chi connectivity index (χ1n) is 5.25. The molecular formula is C10H12BrN5O2S. The Morgan fingerprint density at radius 2 is 2.16 bits per heavy atom. The predicted molar refractivity (Wildman–Crippen MR) is 75.1 cm³/mol. The molecule has 0 radical (unpaired) electrons. The van der Waals surface area contributed by atoms with Gasteiger partial charge >= 0.3 is 0 Å². The molecule has 0 aliphatic carbocycles. The minimum Gasteiger partial charge on any atom is -0.381 e. The second-order valence-corrected chi connectivity index (χ2v) is 6.24. The zero-order chi connectivity index (χ0) is 14.2. The minimum atomic E-state index is -3.80. The third kappa shape index (κ3) is 2.56. The zero-order valence-electron chi connectivity index (χ0n) is 10.3. The number of hydrogen-bond donors (Lipinski definition) is 2. The lowest BCUT2D eigenvalue weighted by atomic mass is 10.4. The van der Waals surface area contributed by atoms with E-state index in [1.807, 2.05) is 0 Å². The van der Waals surface area contributed by atoms with Crippen LogP contribution in [0.2, 0.25) is 0 Å². The Balaban J connectivity index is 2.47. The van der Waals surface area contributed by atoms with Crippen LogP contribution in [0.25, 0.3) is 0 Å². The standard InChI is InChI=1S/C10H12BrN5O2S/c1-6-8(10(12)14-16(6)2)19(17,18)15-7-4-3-5-13-9(7)11/h3-5,15H,1-2H3,(H2,12,14). The smallest absolute Gasteiger partial charge is 0.267 e. The fourth-order valence-corrected chi connectivity index (χ4v) is 3.48. The summed E-state index contributed by atoms with van der Waals surface area (Å²) in [6.45, 7) is 1.64. The number of nitrogens with zero attached hydrogens (tertiary/aromatic N) is 3. The van der Waals surface area contributed by atoms with E-state index in [0.717, 1.165) is 0 Å². The van der Waals surface area contributed by atoms with Gasteiger partial charge in [0.1, 0.15) is 4.60 Å². The molecule has 2 aromatic rings. The number of nitrogens with two attached hydrogens (primary N) is 1. The molecule has 0 saturated carbocycles. The molecule has 0 amide bonds. The van der Waals surface area contributed by atoms with Crippen molar-refractivity contribution in [3.05, 3.63) is 28.6 Å². The number of aromatic nitrogens is 3. The summed E-state index contributed by atoms with van der Waals surface area (Å²) in [4.78, 5) is 3.92. The molecule has 9 heteroatoms. The van der Waals surface area contributed by atoms with E-state index in [9.17, 15) is 8.42 Å². The van der Waals surface area contributed by atoms with E-state index in [-0.39, 0.29) is 10.7 Å². The van der Waals surface area contributed by atoms with Crippen LogP contribution in [0, 0.1) is 6.92 Å². The number of hydrogen-bond acceptors (Lipinski definition) is 5. The van der Waals surface area contributed by atoms with E-state index in [1.54, 1.807) is 32.3 Å². The molecule has 2 aromatic heterocycles. The highest BCUT2D eigenvalue weighted by Crippen LogP contribution is 2.26. The third-order valence-corrected chi connectivity index (χ3v) is 4.74. The number of aryl methyl sites for hydroxylation is 1. The van der Waals surface area contributed by atoms with Gasteiger partial charge in [0.05, 0.1) is 11.4 Å². The average molecular weight is 346 g/mol. The Kier molecular flexibility index (Phi) is 3.50. The molecule has 102 valence electrons. The molecule has 0 aliphatic rings. The monoisotopic (exact) mass is 345 g/mol. The van der Waals surface area contributed by atoms with Crippen LogP contribution in [0.15, 0.2) is 27.8 Å². The molecule has 7 nitrogen and oxygen atoms in total. The van der Waals surface area contributed by atoms with Crippen LogP contribution in [0.1, 0.15) is 5.69 Å². The molecule has 0 saturated heterocycles. The molecular weight excluding hydrogens is 334 g/mol. The lowest BCUT2D eigenvalue weighted by Gasteiger charge is -2.09. The third-order valence-electron chi connectivity index (χ3n) is 2.58. The van der Waals surface area contributed by atoms with E-state index >= 15 is 0 Å². The van der Waals surface area contributed by atoms with Crippen molar-refractivity contribution in [1.82, 2.24) is 14.8 Å². The predicted octanol–water partition coefficient (Wildman–Crippen LogP) is 1.27. The van der Waals surface area contributed by atoms with Gasteiger partial charge < -0.3 is 5.73 Å². The van der Waals surface area contributed by atoms with Crippen LogP contribution >= 0.6 is 15.9 Å². The van der Waals surface area contributed by atoms with E-state index in [4.69, 9.17) is 5.73 Å². The largest absolute Gasteiger partial charge is 0.381 e. The van der Waals surface area contributed by atoms with E-state index < -0.39 is 10.0 Å². The number of rotatable bonds is 3. The summed E-state index contributed by atoms with van der Waals surface area (Å²) in [5.41, 5.74) is 6.44. The highest BCUT2D eigenvalue weighted by atomic mass is 79.9. The number of anilines is 2. The second kappa shape index (κ2) is 4.82. The number of nitrogens with one attached hydrogen (secondary N) is 1. The van der Waals surface area contributed by atoms with Crippen molar-refractivity contribution in [1.29, 1.82) is 0 Å². The number of sulfonamides is 1. The van der Waals surface area contributed by atoms with Gasteiger partial charge in [-0.25, -0.2) is 13.4 Å². The van der Waals surface area contributed by atoms with Crippen LogP contribution in [0.4, 0.5) is 11.5 Å². The van der Waals surface area contributed by atoms with Crippen LogP contribution in [-0.2, 0) is 17.1 Å².